The van der Waals surface area contributed by atoms with Gasteiger partial charge in [0.2, 0.25) is 11.2 Å². The highest BCUT2D eigenvalue weighted by Crippen LogP contribution is 2.44. The third-order valence-corrected chi connectivity index (χ3v) is 4.68. The molecule has 0 saturated carbocycles. The Labute approximate surface area is 129 Å². The van der Waals surface area contributed by atoms with E-state index in [4.69, 9.17) is 20.8 Å². The Hall–Kier alpha value is -2.04. The monoisotopic (exact) mass is 316 g/mol. The van der Waals surface area contributed by atoms with Crippen LogP contribution in [0.2, 0.25) is 5.02 Å². The highest BCUT2D eigenvalue weighted by atomic mass is 35.5. The summed E-state index contributed by atoms with van der Waals surface area (Å²) >= 11 is 7.51. The van der Waals surface area contributed by atoms with E-state index in [1.807, 2.05) is 11.4 Å². The minimum absolute atomic E-state index is 0.211. The molecule has 21 heavy (non-hydrogen) atoms. The standard InChI is InChI=1S/C16H9ClO3S/c1-2-11-16-9(5-6-21-16)14-15(19-11)13(18)10-7-8(17)3-4-12(10)20-14/h2-7,11H,1H2. The van der Waals surface area contributed by atoms with E-state index in [-0.39, 0.29) is 17.3 Å². The number of halogens is 1. The third-order valence-electron chi connectivity index (χ3n) is 3.47. The van der Waals surface area contributed by atoms with Gasteiger partial charge in [0.1, 0.15) is 5.58 Å². The fourth-order valence-electron chi connectivity index (χ4n) is 2.50. The quantitative estimate of drug-likeness (QED) is 0.606. The largest absolute Gasteiger partial charge is 0.473 e. The molecule has 0 bridgehead atoms. The first kappa shape index (κ1) is 12.7. The summed E-state index contributed by atoms with van der Waals surface area (Å²) in [7, 11) is 0. The summed E-state index contributed by atoms with van der Waals surface area (Å²) in [6.07, 6.45) is 1.35. The van der Waals surface area contributed by atoms with E-state index in [1.165, 1.54) is 0 Å². The molecule has 1 aliphatic rings. The van der Waals surface area contributed by atoms with Gasteiger partial charge in [-0.05, 0) is 35.7 Å². The normalized spacial score (nSPS) is 16.1. The zero-order valence-electron chi connectivity index (χ0n) is 10.8. The van der Waals surface area contributed by atoms with Crippen LogP contribution in [0, 0.1) is 0 Å². The molecule has 0 saturated heterocycles. The highest BCUT2D eigenvalue weighted by molar-refractivity contribution is 7.10. The van der Waals surface area contributed by atoms with Crippen molar-refractivity contribution in [1.29, 1.82) is 0 Å². The molecule has 3 nitrogen and oxygen atoms in total. The van der Waals surface area contributed by atoms with Crippen LogP contribution in [0.3, 0.4) is 0 Å². The molecule has 0 N–H and O–H groups in total. The van der Waals surface area contributed by atoms with Crippen molar-refractivity contribution in [3.05, 3.63) is 62.4 Å². The summed E-state index contributed by atoms with van der Waals surface area (Å²) in [5.41, 5.74) is 1.18. The van der Waals surface area contributed by atoms with E-state index in [0.717, 1.165) is 10.4 Å². The maximum Gasteiger partial charge on any atom is 0.235 e. The molecule has 1 aromatic carbocycles. The highest BCUT2D eigenvalue weighted by Gasteiger charge is 2.30. The lowest BCUT2D eigenvalue weighted by Gasteiger charge is -2.22. The average molecular weight is 317 g/mol. The van der Waals surface area contributed by atoms with Gasteiger partial charge in [0, 0.05) is 10.6 Å². The third kappa shape index (κ3) is 1.76. The molecule has 1 atom stereocenters. The number of hydrogen-bond acceptors (Lipinski definition) is 4. The molecule has 1 aliphatic heterocycles. The molecular weight excluding hydrogens is 308 g/mol. The van der Waals surface area contributed by atoms with Crippen molar-refractivity contribution in [2.45, 2.75) is 6.10 Å². The molecular formula is C16H9ClO3S. The van der Waals surface area contributed by atoms with Crippen molar-refractivity contribution in [1.82, 2.24) is 0 Å². The molecule has 0 radical (unpaired) electrons. The Kier molecular flexibility index (Phi) is 2.71. The Morgan fingerprint density at radius 3 is 3.00 bits per heavy atom. The van der Waals surface area contributed by atoms with Crippen LogP contribution in [0.5, 0.6) is 5.75 Å². The lowest BCUT2D eigenvalue weighted by molar-refractivity contribution is 0.246. The lowest BCUT2D eigenvalue weighted by Crippen LogP contribution is -2.17. The summed E-state index contributed by atoms with van der Waals surface area (Å²) in [5.74, 6) is 0.699. The second kappa shape index (κ2) is 4.48. The van der Waals surface area contributed by atoms with Gasteiger partial charge in [-0.15, -0.1) is 11.3 Å². The van der Waals surface area contributed by atoms with E-state index >= 15 is 0 Å². The summed E-state index contributed by atoms with van der Waals surface area (Å²) in [6, 6.07) is 6.93. The summed E-state index contributed by atoms with van der Waals surface area (Å²) in [6.45, 7) is 3.77. The van der Waals surface area contributed by atoms with Gasteiger partial charge in [-0.2, -0.15) is 0 Å². The van der Waals surface area contributed by atoms with Crippen LogP contribution in [0.15, 0.2) is 51.5 Å². The van der Waals surface area contributed by atoms with Crippen molar-refractivity contribution < 1.29 is 9.15 Å². The van der Waals surface area contributed by atoms with E-state index in [9.17, 15) is 4.79 Å². The first-order valence-corrected chi connectivity index (χ1v) is 7.58. The Morgan fingerprint density at radius 2 is 2.19 bits per heavy atom. The molecule has 0 fully saturated rings. The zero-order chi connectivity index (χ0) is 14.6. The van der Waals surface area contributed by atoms with Crippen LogP contribution >= 0.6 is 22.9 Å². The van der Waals surface area contributed by atoms with Gasteiger partial charge in [0.25, 0.3) is 0 Å². The molecule has 0 aliphatic carbocycles. The zero-order valence-corrected chi connectivity index (χ0v) is 12.3. The SMILES string of the molecule is C=CC1Oc2c(oc3ccc(Cl)cc3c2=O)-c2ccsc21. The predicted molar refractivity (Wildman–Crippen MR) is 84.4 cm³/mol. The van der Waals surface area contributed by atoms with Crippen molar-refractivity contribution >= 4 is 33.9 Å². The smallest absolute Gasteiger partial charge is 0.235 e. The van der Waals surface area contributed by atoms with Crippen molar-refractivity contribution in [2.24, 2.45) is 0 Å². The molecule has 3 heterocycles. The predicted octanol–water partition coefficient (Wildman–Crippen LogP) is 4.79. The van der Waals surface area contributed by atoms with Crippen LogP contribution in [-0.2, 0) is 0 Å². The number of rotatable bonds is 1. The van der Waals surface area contributed by atoms with Gasteiger partial charge in [0.15, 0.2) is 11.9 Å². The van der Waals surface area contributed by atoms with Crippen molar-refractivity contribution in [3.63, 3.8) is 0 Å². The molecule has 3 aromatic rings. The van der Waals surface area contributed by atoms with E-state index in [0.29, 0.717) is 21.8 Å². The average Bonchev–Trinajstić information content (AvgIpc) is 2.97. The van der Waals surface area contributed by atoms with Gasteiger partial charge >= 0.3 is 0 Å². The van der Waals surface area contributed by atoms with Crippen LogP contribution < -0.4 is 10.2 Å². The Balaban J connectivity index is 2.11. The molecule has 5 heteroatoms. The van der Waals surface area contributed by atoms with Crippen molar-refractivity contribution in [2.75, 3.05) is 0 Å². The van der Waals surface area contributed by atoms with Crippen LogP contribution in [-0.4, -0.2) is 0 Å². The van der Waals surface area contributed by atoms with Gasteiger partial charge in [-0.3, -0.25) is 4.79 Å². The molecule has 1 unspecified atom stereocenters. The lowest BCUT2D eigenvalue weighted by atomic mass is 10.1. The van der Waals surface area contributed by atoms with Gasteiger partial charge in [-0.1, -0.05) is 18.2 Å². The van der Waals surface area contributed by atoms with Crippen LogP contribution in [0.1, 0.15) is 11.0 Å². The minimum atomic E-state index is -0.327. The van der Waals surface area contributed by atoms with Gasteiger partial charge in [-0.25, -0.2) is 0 Å². The number of hydrogen-bond donors (Lipinski definition) is 0. The molecule has 0 amide bonds. The Bertz CT molecular complexity index is 938. The van der Waals surface area contributed by atoms with Gasteiger partial charge < -0.3 is 9.15 Å². The van der Waals surface area contributed by atoms with E-state index in [1.54, 1.807) is 35.6 Å². The first-order valence-electron chi connectivity index (χ1n) is 6.32. The summed E-state index contributed by atoms with van der Waals surface area (Å²) in [5, 5.41) is 2.86. The number of fused-ring (bicyclic) bond motifs is 4. The molecule has 4 rings (SSSR count). The van der Waals surface area contributed by atoms with E-state index < -0.39 is 0 Å². The topological polar surface area (TPSA) is 39.4 Å². The second-order valence-electron chi connectivity index (χ2n) is 4.70. The van der Waals surface area contributed by atoms with Gasteiger partial charge in [0.05, 0.1) is 10.3 Å². The first-order chi connectivity index (χ1) is 10.2. The fraction of sp³-hybridized carbons (Fsp3) is 0.0625. The minimum Gasteiger partial charge on any atom is -0.473 e. The van der Waals surface area contributed by atoms with Crippen molar-refractivity contribution in [3.8, 4) is 17.1 Å². The van der Waals surface area contributed by atoms with Crippen LogP contribution in [0.4, 0.5) is 0 Å². The molecule has 2 aromatic heterocycles. The second-order valence-corrected chi connectivity index (χ2v) is 6.09. The number of ether oxygens (including phenoxy) is 1. The fourth-order valence-corrected chi connectivity index (χ4v) is 3.59. The van der Waals surface area contributed by atoms with E-state index in [2.05, 4.69) is 6.58 Å². The Morgan fingerprint density at radius 1 is 1.33 bits per heavy atom. The summed E-state index contributed by atoms with van der Waals surface area (Å²) < 4.78 is 11.7. The maximum absolute atomic E-state index is 12.6. The summed E-state index contributed by atoms with van der Waals surface area (Å²) in [4.78, 5) is 13.6. The molecule has 0 spiro atoms. The number of benzene rings is 1. The number of thiophene rings is 1. The molecule has 104 valence electrons. The maximum atomic E-state index is 12.6. The van der Waals surface area contributed by atoms with Crippen LogP contribution in [0.25, 0.3) is 22.3 Å².